The van der Waals surface area contributed by atoms with Crippen LogP contribution in [-0.4, -0.2) is 37.3 Å². The van der Waals surface area contributed by atoms with E-state index >= 15 is 0 Å². The number of hydrogen-bond donors (Lipinski definition) is 3. The number of aromatic hydroxyl groups is 1. The Morgan fingerprint density at radius 2 is 1.63 bits per heavy atom. The Hall–Kier alpha value is -5.42. The zero-order chi connectivity index (χ0) is 30.7. The fraction of sp³-hybridized carbons (Fsp3) is 0.0938. The Bertz CT molecular complexity index is 2070. The molecule has 11 heteroatoms. The lowest BCUT2D eigenvalue weighted by Crippen LogP contribution is -2.21. The van der Waals surface area contributed by atoms with Gasteiger partial charge in [0.2, 0.25) is 5.88 Å². The number of pyridine rings is 1. The van der Waals surface area contributed by atoms with Crippen molar-refractivity contribution in [2.75, 3.05) is 11.8 Å². The number of nitrogens with zero attached hydrogens (tertiary/aromatic N) is 2. The molecule has 0 saturated heterocycles. The minimum atomic E-state index is -4.05. The van der Waals surface area contributed by atoms with Crippen LogP contribution in [0.15, 0.2) is 106 Å². The molecule has 218 valence electrons. The summed E-state index contributed by atoms with van der Waals surface area (Å²) in [5.41, 5.74) is 4.93. The van der Waals surface area contributed by atoms with Gasteiger partial charge in [0.05, 0.1) is 35.2 Å². The molecule has 0 atom stereocenters. The lowest BCUT2D eigenvalue weighted by molar-refractivity contribution is 0.0955. The van der Waals surface area contributed by atoms with Crippen molar-refractivity contribution in [1.29, 1.82) is 0 Å². The topological polar surface area (TPSA) is 139 Å². The number of carbonyl (C=O) groups is 1. The van der Waals surface area contributed by atoms with E-state index in [-0.39, 0.29) is 27.6 Å². The summed E-state index contributed by atoms with van der Waals surface area (Å²) in [6.45, 7) is 3.86. The molecule has 10 nitrogen and oxygen atoms in total. The molecule has 5 aromatic rings. The molecule has 0 aliphatic rings. The quantitative estimate of drug-likeness (QED) is 0.172. The number of amides is 1. The fourth-order valence-electron chi connectivity index (χ4n) is 4.55. The summed E-state index contributed by atoms with van der Waals surface area (Å²) in [6, 6.07) is 24.2. The molecule has 0 aliphatic carbocycles. The third-order valence-corrected chi connectivity index (χ3v) is 8.33. The van der Waals surface area contributed by atoms with Crippen molar-refractivity contribution in [3.8, 4) is 17.3 Å². The number of para-hydroxylation sites is 2. The van der Waals surface area contributed by atoms with Gasteiger partial charge >= 0.3 is 0 Å². The lowest BCUT2D eigenvalue weighted by Gasteiger charge is -2.14. The number of nitrogens with one attached hydrogen (secondary N) is 2. The van der Waals surface area contributed by atoms with Gasteiger partial charge in [-0.25, -0.2) is 18.4 Å². The van der Waals surface area contributed by atoms with E-state index in [2.05, 4.69) is 15.2 Å². The summed E-state index contributed by atoms with van der Waals surface area (Å²) in [5, 5.41) is 16.0. The summed E-state index contributed by atoms with van der Waals surface area (Å²) < 4.78 is 34.9. The maximum atomic E-state index is 13.4. The SMILES string of the molecule is COc1ccccc1NS(=O)(=O)c1cccc(C(=O)NN=Cc2c(O)n(-c3ccc(C)c(C)c3)c(=O)c3ccccc23)c1. The van der Waals surface area contributed by atoms with Crippen LogP contribution in [0.25, 0.3) is 16.5 Å². The van der Waals surface area contributed by atoms with E-state index in [1.54, 1.807) is 60.7 Å². The second-order valence-corrected chi connectivity index (χ2v) is 11.4. The molecule has 0 spiro atoms. The first kappa shape index (κ1) is 29.1. The molecule has 0 unspecified atom stereocenters. The minimum Gasteiger partial charge on any atom is -0.495 e. The van der Waals surface area contributed by atoms with Crippen LogP contribution in [0.5, 0.6) is 11.6 Å². The van der Waals surface area contributed by atoms with Gasteiger partial charge in [0.1, 0.15) is 5.75 Å². The highest BCUT2D eigenvalue weighted by atomic mass is 32.2. The lowest BCUT2D eigenvalue weighted by atomic mass is 10.1. The van der Waals surface area contributed by atoms with E-state index in [1.807, 2.05) is 19.9 Å². The van der Waals surface area contributed by atoms with Crippen LogP contribution in [0.2, 0.25) is 0 Å². The summed E-state index contributed by atoms with van der Waals surface area (Å²) >= 11 is 0. The standard InChI is InChI=1S/C32H28N4O6S/c1-20-15-16-23(17-21(20)2)36-31(38)26-12-5-4-11-25(26)27(32(36)39)19-33-34-30(37)22-9-8-10-24(18-22)43(40,41)35-28-13-6-7-14-29(28)42-3/h4-19,35,39H,1-3H3,(H,34,37). The van der Waals surface area contributed by atoms with Gasteiger partial charge in [-0.3, -0.25) is 14.3 Å². The summed E-state index contributed by atoms with van der Waals surface area (Å²) in [4.78, 5) is 26.2. The van der Waals surface area contributed by atoms with Crippen LogP contribution >= 0.6 is 0 Å². The minimum absolute atomic E-state index is 0.0363. The van der Waals surface area contributed by atoms with Crippen molar-refractivity contribution >= 4 is 38.6 Å². The van der Waals surface area contributed by atoms with Crippen LogP contribution in [0.4, 0.5) is 5.69 Å². The van der Waals surface area contributed by atoms with E-state index in [9.17, 15) is 23.1 Å². The van der Waals surface area contributed by atoms with Crippen molar-refractivity contribution < 1.29 is 23.1 Å². The van der Waals surface area contributed by atoms with Gasteiger partial charge in [-0.05, 0) is 73.5 Å². The molecule has 0 aliphatic heterocycles. The van der Waals surface area contributed by atoms with Gasteiger partial charge in [-0.1, -0.05) is 42.5 Å². The number of rotatable bonds is 8. The molecule has 0 fully saturated rings. The number of benzene rings is 4. The Balaban J connectivity index is 1.44. The second-order valence-electron chi connectivity index (χ2n) is 9.72. The maximum Gasteiger partial charge on any atom is 0.271 e. The van der Waals surface area contributed by atoms with Crippen molar-refractivity contribution in [3.05, 3.63) is 124 Å². The number of ether oxygens (including phenoxy) is 1. The number of anilines is 1. The third kappa shape index (κ3) is 5.84. The molecule has 5 rings (SSSR count). The molecular weight excluding hydrogens is 568 g/mol. The second kappa shape index (κ2) is 11.8. The first-order valence-corrected chi connectivity index (χ1v) is 14.6. The van der Waals surface area contributed by atoms with Crippen LogP contribution in [0.1, 0.15) is 27.0 Å². The molecule has 0 saturated carbocycles. The molecule has 0 bridgehead atoms. The highest BCUT2D eigenvalue weighted by Gasteiger charge is 2.19. The number of methoxy groups -OCH3 is 1. The molecule has 1 amide bonds. The van der Waals surface area contributed by atoms with Crippen LogP contribution in [-0.2, 0) is 10.0 Å². The number of hydrazone groups is 1. The molecule has 0 radical (unpaired) electrons. The Morgan fingerprint density at radius 3 is 2.37 bits per heavy atom. The van der Waals surface area contributed by atoms with Gasteiger partial charge in [-0.15, -0.1) is 0 Å². The highest BCUT2D eigenvalue weighted by molar-refractivity contribution is 7.92. The summed E-state index contributed by atoms with van der Waals surface area (Å²) in [6.07, 6.45) is 1.25. The Morgan fingerprint density at radius 1 is 0.907 bits per heavy atom. The number of aromatic nitrogens is 1. The van der Waals surface area contributed by atoms with Crippen molar-refractivity contribution in [1.82, 2.24) is 9.99 Å². The van der Waals surface area contributed by atoms with Crippen LogP contribution in [0.3, 0.4) is 0 Å². The molecule has 3 N–H and O–H groups in total. The number of hydrogen-bond acceptors (Lipinski definition) is 7. The molecule has 4 aromatic carbocycles. The van der Waals surface area contributed by atoms with Gasteiger partial charge in [-0.2, -0.15) is 5.10 Å². The monoisotopic (exact) mass is 596 g/mol. The number of fused-ring (bicyclic) bond motifs is 1. The third-order valence-electron chi connectivity index (χ3n) is 6.97. The van der Waals surface area contributed by atoms with Gasteiger partial charge in [0, 0.05) is 16.3 Å². The number of aryl methyl sites for hydroxylation is 2. The fourth-order valence-corrected chi connectivity index (χ4v) is 5.67. The smallest absolute Gasteiger partial charge is 0.271 e. The van der Waals surface area contributed by atoms with Crippen LogP contribution < -0.4 is 20.4 Å². The first-order valence-electron chi connectivity index (χ1n) is 13.1. The Kier molecular flexibility index (Phi) is 8.00. The van der Waals surface area contributed by atoms with Crippen molar-refractivity contribution in [2.24, 2.45) is 5.10 Å². The summed E-state index contributed by atoms with van der Waals surface area (Å²) in [5.74, 6) is -0.689. The molecule has 1 aromatic heterocycles. The molecule has 43 heavy (non-hydrogen) atoms. The number of carbonyl (C=O) groups excluding carboxylic acids is 1. The molecular formula is C32H28N4O6S. The average molecular weight is 597 g/mol. The van der Waals surface area contributed by atoms with Gasteiger partial charge in [0.15, 0.2) is 0 Å². The zero-order valence-corrected chi connectivity index (χ0v) is 24.3. The zero-order valence-electron chi connectivity index (χ0n) is 23.5. The maximum absolute atomic E-state index is 13.4. The van der Waals surface area contributed by atoms with E-state index in [4.69, 9.17) is 4.74 Å². The average Bonchev–Trinajstić information content (AvgIpc) is 3.00. The predicted molar refractivity (Wildman–Crippen MR) is 166 cm³/mol. The van der Waals surface area contributed by atoms with E-state index in [0.29, 0.717) is 22.2 Å². The van der Waals surface area contributed by atoms with Crippen LogP contribution in [0, 0.1) is 13.8 Å². The number of sulfonamides is 1. The van der Waals surface area contributed by atoms with E-state index < -0.39 is 21.5 Å². The van der Waals surface area contributed by atoms with E-state index in [0.717, 1.165) is 11.1 Å². The summed E-state index contributed by atoms with van der Waals surface area (Å²) in [7, 11) is -2.62. The van der Waals surface area contributed by atoms with Gasteiger partial charge in [0.25, 0.3) is 21.5 Å². The Labute approximate surface area is 247 Å². The highest BCUT2D eigenvalue weighted by Crippen LogP contribution is 2.28. The first-order chi connectivity index (χ1) is 20.6. The van der Waals surface area contributed by atoms with Crippen molar-refractivity contribution in [3.63, 3.8) is 0 Å². The van der Waals surface area contributed by atoms with Gasteiger partial charge < -0.3 is 9.84 Å². The van der Waals surface area contributed by atoms with E-state index in [1.165, 1.54) is 42.2 Å². The molecule has 1 heterocycles. The normalized spacial score (nSPS) is 11.5. The van der Waals surface area contributed by atoms with Crippen molar-refractivity contribution in [2.45, 2.75) is 18.7 Å². The predicted octanol–water partition coefficient (Wildman–Crippen LogP) is 4.89. The largest absolute Gasteiger partial charge is 0.495 e.